The van der Waals surface area contributed by atoms with Crippen LogP contribution in [-0.2, 0) is 15.3 Å². The Balaban J connectivity index is 1.53. The number of carbonyl (C=O) groups excluding carboxylic acids is 2. The number of benzene rings is 3. The van der Waals surface area contributed by atoms with E-state index in [1.165, 1.54) is 40.7 Å². The molecule has 9 nitrogen and oxygen atoms in total. The average Bonchev–Trinajstić information content (AvgIpc) is 3.65. The van der Waals surface area contributed by atoms with Crippen molar-refractivity contribution < 1.29 is 28.9 Å². The molecular formula is C35H35N3O6S2. The molecule has 0 bridgehead atoms. The maximum atomic E-state index is 13.7. The molecule has 0 saturated carbocycles. The highest BCUT2D eigenvalue weighted by molar-refractivity contribution is 8.00. The molecule has 1 aromatic heterocycles. The summed E-state index contributed by atoms with van der Waals surface area (Å²) in [5.41, 5.74) is 3.12. The van der Waals surface area contributed by atoms with Crippen molar-refractivity contribution in [2.75, 3.05) is 25.2 Å². The van der Waals surface area contributed by atoms with E-state index in [-0.39, 0.29) is 23.1 Å². The molecule has 1 saturated heterocycles. The minimum Gasteiger partial charge on any atom is -0.507 e. The third-order valence-corrected chi connectivity index (χ3v) is 9.41. The largest absolute Gasteiger partial charge is 0.507 e. The normalized spacial score (nSPS) is 15.6. The van der Waals surface area contributed by atoms with E-state index in [0.29, 0.717) is 45.1 Å². The molecular weight excluding hydrogens is 623 g/mol. The number of ketones is 1. The van der Waals surface area contributed by atoms with Crippen LogP contribution < -0.4 is 19.1 Å². The molecule has 11 heteroatoms. The number of aliphatic hydroxyl groups excluding tert-OH is 1. The molecule has 0 unspecified atom stereocenters. The van der Waals surface area contributed by atoms with Crippen molar-refractivity contribution in [1.82, 2.24) is 10.2 Å². The fourth-order valence-corrected chi connectivity index (χ4v) is 6.68. The first-order valence-electron chi connectivity index (χ1n) is 14.8. The van der Waals surface area contributed by atoms with Crippen LogP contribution in [0.5, 0.6) is 17.2 Å². The van der Waals surface area contributed by atoms with Crippen molar-refractivity contribution in [3.05, 3.63) is 107 Å². The number of hydrogen-bond acceptors (Lipinski definition) is 10. The van der Waals surface area contributed by atoms with Crippen LogP contribution >= 0.6 is 23.1 Å². The van der Waals surface area contributed by atoms with Crippen LogP contribution in [0.4, 0.5) is 5.13 Å². The quantitative estimate of drug-likeness (QED) is 0.0280. The minimum atomic E-state index is -1.01. The maximum absolute atomic E-state index is 13.7. The van der Waals surface area contributed by atoms with Crippen molar-refractivity contribution in [3.8, 4) is 17.2 Å². The predicted octanol–water partition coefficient (Wildman–Crippen LogP) is 7.52. The molecule has 1 aliphatic heterocycles. The highest BCUT2D eigenvalue weighted by atomic mass is 32.2. The fourth-order valence-electron chi connectivity index (χ4n) is 4.85. The molecule has 0 spiro atoms. The van der Waals surface area contributed by atoms with Gasteiger partial charge in [-0.2, -0.15) is 0 Å². The number of methoxy groups -OCH3 is 1. The highest BCUT2D eigenvalue weighted by Gasteiger charge is 2.48. The van der Waals surface area contributed by atoms with Crippen molar-refractivity contribution in [2.24, 2.45) is 0 Å². The number of aliphatic hydroxyl groups is 1. The third-order valence-electron chi connectivity index (χ3n) is 7.28. The van der Waals surface area contributed by atoms with E-state index in [1.807, 2.05) is 6.92 Å². The number of aromatic nitrogens is 2. The Morgan fingerprint density at radius 2 is 1.80 bits per heavy atom. The van der Waals surface area contributed by atoms with Crippen molar-refractivity contribution in [2.45, 2.75) is 42.8 Å². The molecule has 1 atom stereocenters. The smallest absolute Gasteiger partial charge is 0.301 e. The van der Waals surface area contributed by atoms with E-state index in [9.17, 15) is 14.7 Å². The summed E-state index contributed by atoms with van der Waals surface area (Å²) in [6, 6.07) is 19.1. The lowest BCUT2D eigenvalue weighted by Gasteiger charge is -2.23. The Morgan fingerprint density at radius 1 is 1.04 bits per heavy atom. The molecule has 1 fully saturated rings. The fraction of sp³-hybridized carbons (Fsp3) is 0.257. The van der Waals surface area contributed by atoms with Crippen LogP contribution in [0.3, 0.4) is 0 Å². The lowest BCUT2D eigenvalue weighted by molar-refractivity contribution is -0.132. The summed E-state index contributed by atoms with van der Waals surface area (Å²) >= 11 is 2.70. The number of anilines is 1. The van der Waals surface area contributed by atoms with Crippen LogP contribution in [0, 0.1) is 6.92 Å². The second kappa shape index (κ2) is 15.1. The molecule has 0 aliphatic carbocycles. The number of nitrogens with zero attached hydrogens (tertiary/aromatic N) is 3. The van der Waals surface area contributed by atoms with Crippen LogP contribution in [0.1, 0.15) is 48.1 Å². The summed E-state index contributed by atoms with van der Waals surface area (Å²) in [6.45, 7) is 8.65. The zero-order valence-corrected chi connectivity index (χ0v) is 27.5. The number of unbranched alkanes of at least 4 members (excludes halogenated alkanes) is 1. The third kappa shape index (κ3) is 7.27. The van der Waals surface area contributed by atoms with Gasteiger partial charge in [-0.15, -0.1) is 10.2 Å². The van der Waals surface area contributed by atoms with E-state index in [2.05, 4.69) is 48.0 Å². The highest BCUT2D eigenvalue weighted by Crippen LogP contribution is 2.45. The SMILES string of the molecule is C=CCOc1ccc([C@@H]2C(=C(O)c3ccc(OCCCC)cc3)C(=O)C(=O)N2c2nnc(SCc3ccc(C)cc3)s2)cc1OC. The number of hydrogen-bond donors (Lipinski definition) is 1. The van der Waals surface area contributed by atoms with Crippen LogP contribution in [-0.4, -0.2) is 47.3 Å². The van der Waals surface area contributed by atoms with Gasteiger partial charge in [0, 0.05) is 11.3 Å². The zero-order valence-electron chi connectivity index (χ0n) is 25.9. The topological polar surface area (TPSA) is 111 Å². The van der Waals surface area contributed by atoms with Gasteiger partial charge < -0.3 is 19.3 Å². The molecule has 5 rings (SSSR count). The van der Waals surface area contributed by atoms with Gasteiger partial charge in [-0.25, -0.2) is 0 Å². The van der Waals surface area contributed by atoms with Gasteiger partial charge in [0.05, 0.1) is 25.3 Å². The molecule has 1 aliphatic rings. The Kier molecular flexibility index (Phi) is 10.8. The molecule has 1 amide bonds. The summed E-state index contributed by atoms with van der Waals surface area (Å²) in [6.07, 6.45) is 3.54. The second-order valence-corrected chi connectivity index (χ2v) is 12.7. The van der Waals surface area contributed by atoms with Gasteiger partial charge in [0.25, 0.3) is 5.78 Å². The number of carbonyl (C=O) groups is 2. The van der Waals surface area contributed by atoms with Crippen LogP contribution in [0.25, 0.3) is 5.76 Å². The van der Waals surface area contributed by atoms with Gasteiger partial charge in [-0.05, 0) is 60.9 Å². The van der Waals surface area contributed by atoms with E-state index >= 15 is 0 Å². The summed E-state index contributed by atoms with van der Waals surface area (Å²) in [5.74, 6) is 0.210. The van der Waals surface area contributed by atoms with Gasteiger partial charge in [-0.1, -0.05) is 85.0 Å². The molecule has 238 valence electrons. The van der Waals surface area contributed by atoms with Crippen LogP contribution in [0.15, 0.2) is 89.3 Å². The lowest BCUT2D eigenvalue weighted by atomic mass is 9.95. The minimum absolute atomic E-state index is 0.0736. The first kappa shape index (κ1) is 32.8. The molecule has 2 heterocycles. The van der Waals surface area contributed by atoms with E-state index in [4.69, 9.17) is 14.2 Å². The lowest BCUT2D eigenvalue weighted by Crippen LogP contribution is -2.29. The van der Waals surface area contributed by atoms with Crippen molar-refractivity contribution in [3.63, 3.8) is 0 Å². The molecule has 46 heavy (non-hydrogen) atoms. The predicted molar refractivity (Wildman–Crippen MR) is 181 cm³/mol. The van der Waals surface area contributed by atoms with Gasteiger partial charge in [0.15, 0.2) is 15.8 Å². The summed E-state index contributed by atoms with van der Waals surface area (Å²) in [5, 5.41) is 20.4. The summed E-state index contributed by atoms with van der Waals surface area (Å²) < 4.78 is 17.7. The van der Waals surface area contributed by atoms with E-state index in [1.54, 1.807) is 48.5 Å². The average molecular weight is 658 g/mol. The van der Waals surface area contributed by atoms with Crippen molar-refractivity contribution in [1.29, 1.82) is 0 Å². The Morgan fingerprint density at radius 3 is 2.50 bits per heavy atom. The number of amides is 1. The van der Waals surface area contributed by atoms with E-state index < -0.39 is 17.7 Å². The number of ether oxygens (including phenoxy) is 3. The number of thioether (sulfide) groups is 1. The molecule has 1 N–H and O–H groups in total. The summed E-state index contributed by atoms with van der Waals surface area (Å²) in [7, 11) is 1.50. The zero-order chi connectivity index (χ0) is 32.6. The summed E-state index contributed by atoms with van der Waals surface area (Å²) in [4.78, 5) is 28.7. The number of rotatable bonds is 14. The second-order valence-electron chi connectivity index (χ2n) is 10.5. The Hall–Kier alpha value is -4.61. The standard InChI is InChI=1S/C35H35N3O6S2/c1-5-7-19-43-26-15-12-24(13-16-26)31(39)29-30(25-14-17-27(44-18-6-2)28(20-25)42-4)38(33(41)32(29)40)34-36-37-35(46-34)45-21-23-10-8-22(3)9-11-23/h6,8-17,20,30,39H,2,5,7,18-19,21H2,1,3-4H3/t30-/m1/s1. The van der Waals surface area contributed by atoms with Gasteiger partial charge >= 0.3 is 5.91 Å². The molecule has 4 aromatic rings. The van der Waals surface area contributed by atoms with Crippen molar-refractivity contribution >= 4 is 45.7 Å². The van der Waals surface area contributed by atoms with Gasteiger partial charge in [0.2, 0.25) is 5.13 Å². The van der Waals surface area contributed by atoms with Gasteiger partial charge in [0.1, 0.15) is 18.1 Å². The monoisotopic (exact) mass is 657 g/mol. The van der Waals surface area contributed by atoms with Gasteiger partial charge in [-0.3, -0.25) is 14.5 Å². The Bertz CT molecular complexity index is 1730. The molecule has 3 aromatic carbocycles. The molecule has 0 radical (unpaired) electrons. The Labute approximate surface area is 276 Å². The number of aryl methyl sites for hydroxylation is 1. The first-order valence-corrected chi connectivity index (χ1v) is 16.6. The maximum Gasteiger partial charge on any atom is 0.301 e. The van der Waals surface area contributed by atoms with Crippen LogP contribution in [0.2, 0.25) is 0 Å². The number of Topliss-reactive ketones (excluding diaryl/α,β-unsaturated/α-hetero) is 1. The van der Waals surface area contributed by atoms with E-state index in [0.717, 1.165) is 18.4 Å². The first-order chi connectivity index (χ1) is 22.3.